The highest BCUT2D eigenvalue weighted by molar-refractivity contribution is 7.91. The normalized spacial score (nSPS) is 14.4. The second kappa shape index (κ2) is 8.00. The van der Waals surface area contributed by atoms with Crippen molar-refractivity contribution in [2.45, 2.75) is 31.2 Å². The molecule has 1 N–H and O–H groups in total. The van der Waals surface area contributed by atoms with Crippen LogP contribution in [0.25, 0.3) is 0 Å². The van der Waals surface area contributed by atoms with Crippen LogP contribution in [0.4, 0.5) is 0 Å². The average Bonchev–Trinajstić information content (AvgIpc) is 2.66. The van der Waals surface area contributed by atoms with E-state index in [0.29, 0.717) is 24.7 Å². The van der Waals surface area contributed by atoms with Gasteiger partial charge in [-0.25, -0.2) is 8.42 Å². The van der Waals surface area contributed by atoms with Crippen molar-refractivity contribution in [3.05, 3.63) is 53.6 Å². The molecular formula is C20H23NO5S. The van der Waals surface area contributed by atoms with Gasteiger partial charge in [-0.05, 0) is 37.1 Å². The van der Waals surface area contributed by atoms with Crippen molar-refractivity contribution < 1.29 is 22.7 Å². The van der Waals surface area contributed by atoms with Crippen LogP contribution in [0.5, 0.6) is 11.5 Å². The molecule has 1 unspecified atom stereocenters. The van der Waals surface area contributed by atoms with E-state index in [0.717, 1.165) is 11.1 Å². The van der Waals surface area contributed by atoms with Crippen LogP contribution in [-0.2, 0) is 14.6 Å². The standard InChI is InChI=1S/C20H23NO5S/c1-14-5-3-4-6-17(14)15(2)21-20(22)9-12-27(23,24)16-7-8-18-19(13-16)26-11-10-25-18/h3-8,13,15H,9-12H2,1-2H3,(H,21,22). The molecule has 3 rings (SSSR count). The number of sulfone groups is 1. The Morgan fingerprint density at radius 2 is 1.81 bits per heavy atom. The number of carbonyl (C=O) groups excluding carboxylic acids is 1. The number of amides is 1. The van der Waals surface area contributed by atoms with Crippen molar-refractivity contribution in [3.8, 4) is 11.5 Å². The minimum atomic E-state index is -3.59. The Labute approximate surface area is 159 Å². The molecular weight excluding hydrogens is 366 g/mol. The first-order valence-electron chi connectivity index (χ1n) is 8.84. The molecule has 1 heterocycles. The molecule has 0 spiro atoms. The van der Waals surface area contributed by atoms with E-state index < -0.39 is 9.84 Å². The van der Waals surface area contributed by atoms with Crippen LogP contribution in [0.15, 0.2) is 47.4 Å². The van der Waals surface area contributed by atoms with Crippen molar-refractivity contribution in [2.75, 3.05) is 19.0 Å². The molecule has 0 fully saturated rings. The molecule has 1 amide bonds. The second-order valence-electron chi connectivity index (χ2n) is 6.52. The summed E-state index contributed by atoms with van der Waals surface area (Å²) in [5.41, 5.74) is 2.09. The molecule has 0 aromatic heterocycles. The Morgan fingerprint density at radius 1 is 1.11 bits per heavy atom. The molecule has 0 bridgehead atoms. The van der Waals surface area contributed by atoms with E-state index in [9.17, 15) is 13.2 Å². The third kappa shape index (κ3) is 4.60. The number of benzene rings is 2. The fourth-order valence-electron chi connectivity index (χ4n) is 3.03. The van der Waals surface area contributed by atoms with E-state index >= 15 is 0 Å². The number of fused-ring (bicyclic) bond motifs is 1. The minimum absolute atomic E-state index is 0.104. The molecule has 0 saturated heterocycles. The number of carbonyl (C=O) groups is 1. The zero-order valence-electron chi connectivity index (χ0n) is 15.4. The summed E-state index contributed by atoms with van der Waals surface area (Å²) in [6.07, 6.45) is -0.104. The highest BCUT2D eigenvalue weighted by atomic mass is 32.2. The van der Waals surface area contributed by atoms with Crippen molar-refractivity contribution in [1.29, 1.82) is 0 Å². The van der Waals surface area contributed by atoms with Crippen LogP contribution >= 0.6 is 0 Å². The van der Waals surface area contributed by atoms with E-state index in [-0.39, 0.29) is 29.0 Å². The molecule has 1 aliphatic heterocycles. The van der Waals surface area contributed by atoms with Gasteiger partial charge in [-0.2, -0.15) is 0 Å². The molecule has 1 atom stereocenters. The van der Waals surface area contributed by atoms with Crippen LogP contribution in [0.3, 0.4) is 0 Å². The molecule has 0 radical (unpaired) electrons. The van der Waals surface area contributed by atoms with Gasteiger partial charge in [0.2, 0.25) is 5.91 Å². The first kappa shape index (κ1) is 19.2. The Balaban J connectivity index is 1.61. The highest BCUT2D eigenvalue weighted by Gasteiger charge is 2.21. The summed E-state index contributed by atoms with van der Waals surface area (Å²) < 4.78 is 35.9. The molecule has 144 valence electrons. The van der Waals surface area contributed by atoms with Gasteiger partial charge >= 0.3 is 0 Å². The zero-order chi connectivity index (χ0) is 19.4. The molecule has 2 aromatic rings. The maximum absolute atomic E-state index is 12.6. The van der Waals surface area contributed by atoms with E-state index in [1.165, 1.54) is 12.1 Å². The van der Waals surface area contributed by atoms with Crippen LogP contribution in [0.2, 0.25) is 0 Å². The third-order valence-electron chi connectivity index (χ3n) is 4.50. The van der Waals surface area contributed by atoms with Gasteiger partial charge in [0.15, 0.2) is 21.3 Å². The van der Waals surface area contributed by atoms with Crippen LogP contribution < -0.4 is 14.8 Å². The quantitative estimate of drug-likeness (QED) is 0.822. The van der Waals surface area contributed by atoms with Gasteiger partial charge in [0.25, 0.3) is 0 Å². The summed E-state index contributed by atoms with van der Waals surface area (Å²) in [6, 6.07) is 12.1. The lowest BCUT2D eigenvalue weighted by atomic mass is 10.0. The number of rotatable bonds is 6. The summed E-state index contributed by atoms with van der Waals surface area (Å²) in [5, 5.41) is 2.86. The molecule has 0 saturated carbocycles. The van der Waals surface area contributed by atoms with Gasteiger partial charge < -0.3 is 14.8 Å². The van der Waals surface area contributed by atoms with Crippen molar-refractivity contribution in [2.24, 2.45) is 0 Å². The highest BCUT2D eigenvalue weighted by Crippen LogP contribution is 2.32. The Kier molecular flexibility index (Phi) is 5.70. The largest absolute Gasteiger partial charge is 0.486 e. The summed E-state index contributed by atoms with van der Waals surface area (Å²) in [5.74, 6) is 0.385. The van der Waals surface area contributed by atoms with Crippen molar-refractivity contribution >= 4 is 15.7 Å². The summed E-state index contributed by atoms with van der Waals surface area (Å²) in [4.78, 5) is 12.4. The van der Waals surface area contributed by atoms with Crippen molar-refractivity contribution in [3.63, 3.8) is 0 Å². The SMILES string of the molecule is Cc1ccccc1C(C)NC(=O)CCS(=O)(=O)c1ccc2c(c1)OCCO2. The molecule has 0 aliphatic carbocycles. The second-order valence-corrected chi connectivity index (χ2v) is 8.63. The molecule has 6 nitrogen and oxygen atoms in total. The topological polar surface area (TPSA) is 81.7 Å². The summed E-state index contributed by atoms with van der Waals surface area (Å²) in [6.45, 7) is 4.69. The average molecular weight is 389 g/mol. The monoisotopic (exact) mass is 389 g/mol. The number of nitrogens with one attached hydrogen (secondary N) is 1. The lowest BCUT2D eigenvalue weighted by Gasteiger charge is -2.19. The summed E-state index contributed by atoms with van der Waals surface area (Å²) in [7, 11) is -3.59. The summed E-state index contributed by atoms with van der Waals surface area (Å²) >= 11 is 0. The molecule has 2 aromatic carbocycles. The van der Waals surface area contributed by atoms with Crippen molar-refractivity contribution in [1.82, 2.24) is 5.32 Å². The maximum atomic E-state index is 12.6. The first-order valence-corrected chi connectivity index (χ1v) is 10.5. The smallest absolute Gasteiger partial charge is 0.221 e. The van der Waals surface area contributed by atoms with Crippen LogP contribution in [0.1, 0.15) is 30.5 Å². The van der Waals surface area contributed by atoms with Gasteiger partial charge in [0.1, 0.15) is 13.2 Å². The fraction of sp³-hybridized carbons (Fsp3) is 0.350. The van der Waals surface area contributed by atoms with Gasteiger partial charge in [-0.1, -0.05) is 24.3 Å². The Bertz CT molecular complexity index is 939. The van der Waals surface area contributed by atoms with Gasteiger partial charge in [0.05, 0.1) is 16.7 Å². The number of hydrogen-bond acceptors (Lipinski definition) is 5. The van der Waals surface area contributed by atoms with E-state index in [1.54, 1.807) is 6.07 Å². The number of hydrogen-bond donors (Lipinski definition) is 1. The van der Waals surface area contributed by atoms with Crippen LogP contribution in [0, 0.1) is 6.92 Å². The van der Waals surface area contributed by atoms with E-state index in [1.807, 2.05) is 38.1 Å². The predicted molar refractivity (Wildman–Crippen MR) is 102 cm³/mol. The maximum Gasteiger partial charge on any atom is 0.221 e. The third-order valence-corrected chi connectivity index (χ3v) is 6.22. The van der Waals surface area contributed by atoms with Gasteiger partial charge in [-0.3, -0.25) is 4.79 Å². The predicted octanol–water partition coefficient (Wildman–Crippen LogP) is 2.81. The first-order chi connectivity index (χ1) is 12.9. The Morgan fingerprint density at radius 3 is 2.56 bits per heavy atom. The molecule has 27 heavy (non-hydrogen) atoms. The lowest BCUT2D eigenvalue weighted by Crippen LogP contribution is -2.28. The Hall–Kier alpha value is -2.54. The zero-order valence-corrected chi connectivity index (χ0v) is 16.2. The van der Waals surface area contributed by atoms with Gasteiger partial charge in [0, 0.05) is 12.5 Å². The molecule has 7 heteroatoms. The lowest BCUT2D eigenvalue weighted by molar-refractivity contribution is -0.121. The minimum Gasteiger partial charge on any atom is -0.486 e. The number of aryl methyl sites for hydroxylation is 1. The fourth-order valence-corrected chi connectivity index (χ4v) is 4.28. The van der Waals surface area contributed by atoms with Crippen LogP contribution in [-0.4, -0.2) is 33.3 Å². The van der Waals surface area contributed by atoms with E-state index in [2.05, 4.69) is 5.32 Å². The molecule has 1 aliphatic rings. The van der Waals surface area contributed by atoms with Gasteiger partial charge in [-0.15, -0.1) is 0 Å². The van der Waals surface area contributed by atoms with E-state index in [4.69, 9.17) is 9.47 Å². The number of ether oxygens (including phenoxy) is 2.